The first-order valence-corrected chi connectivity index (χ1v) is 5.09. The quantitative estimate of drug-likeness (QED) is 0.771. The number of methoxy groups -OCH3 is 1. The predicted molar refractivity (Wildman–Crippen MR) is 59.4 cm³/mol. The second-order valence-electron chi connectivity index (χ2n) is 4.00. The first-order chi connectivity index (χ1) is 7.18. The van der Waals surface area contributed by atoms with Crippen molar-refractivity contribution in [2.45, 2.75) is 25.8 Å². The molecule has 1 aliphatic rings. The van der Waals surface area contributed by atoms with Crippen LogP contribution in [0.15, 0.2) is 6.33 Å². The van der Waals surface area contributed by atoms with Crippen LogP contribution in [0, 0.1) is 0 Å². The molecule has 2 heterocycles. The van der Waals surface area contributed by atoms with Gasteiger partial charge in [0.15, 0.2) is 5.82 Å². The Morgan fingerprint density at radius 3 is 3.00 bits per heavy atom. The number of anilines is 2. The molecule has 15 heavy (non-hydrogen) atoms. The fourth-order valence-electron chi connectivity index (χ4n) is 1.61. The SMILES string of the molecule is CCC1(C)CNc2c(ncnc2OC)N1. The average molecular weight is 208 g/mol. The molecular formula is C10H16N4O. The predicted octanol–water partition coefficient (Wildman–Crippen LogP) is 1.49. The lowest BCUT2D eigenvalue weighted by Crippen LogP contribution is -2.45. The van der Waals surface area contributed by atoms with Crippen molar-refractivity contribution in [3.8, 4) is 5.88 Å². The lowest BCUT2D eigenvalue weighted by Gasteiger charge is -2.36. The van der Waals surface area contributed by atoms with Crippen LogP contribution in [0.5, 0.6) is 5.88 Å². The zero-order valence-corrected chi connectivity index (χ0v) is 9.29. The van der Waals surface area contributed by atoms with Gasteiger partial charge >= 0.3 is 0 Å². The summed E-state index contributed by atoms with van der Waals surface area (Å²) in [4.78, 5) is 8.25. The molecule has 2 N–H and O–H groups in total. The zero-order chi connectivity index (χ0) is 10.9. The van der Waals surface area contributed by atoms with Crippen molar-refractivity contribution in [2.75, 3.05) is 24.3 Å². The molecule has 0 saturated heterocycles. The van der Waals surface area contributed by atoms with E-state index in [0.717, 1.165) is 24.5 Å². The monoisotopic (exact) mass is 208 g/mol. The van der Waals surface area contributed by atoms with E-state index in [1.807, 2.05) is 0 Å². The topological polar surface area (TPSA) is 59.1 Å². The summed E-state index contributed by atoms with van der Waals surface area (Å²) in [6.07, 6.45) is 2.54. The van der Waals surface area contributed by atoms with Gasteiger partial charge in [0.25, 0.3) is 0 Å². The minimum atomic E-state index is 0.0480. The number of rotatable bonds is 2. The number of ether oxygens (including phenoxy) is 1. The van der Waals surface area contributed by atoms with Gasteiger partial charge in [0.1, 0.15) is 12.0 Å². The molecule has 2 rings (SSSR count). The maximum absolute atomic E-state index is 5.16. The van der Waals surface area contributed by atoms with Crippen molar-refractivity contribution >= 4 is 11.5 Å². The Bertz CT molecular complexity index is 368. The molecule has 1 atom stereocenters. The summed E-state index contributed by atoms with van der Waals surface area (Å²) in [5.41, 5.74) is 0.901. The van der Waals surface area contributed by atoms with Crippen LogP contribution in [0.25, 0.3) is 0 Å². The highest BCUT2D eigenvalue weighted by Gasteiger charge is 2.29. The Morgan fingerprint density at radius 2 is 2.33 bits per heavy atom. The second kappa shape index (κ2) is 3.56. The molecule has 0 radical (unpaired) electrons. The van der Waals surface area contributed by atoms with Crippen LogP contribution in [0.4, 0.5) is 11.5 Å². The van der Waals surface area contributed by atoms with Gasteiger partial charge in [0, 0.05) is 6.54 Å². The summed E-state index contributed by atoms with van der Waals surface area (Å²) in [6.45, 7) is 5.16. The van der Waals surface area contributed by atoms with Crippen LogP contribution in [0.3, 0.4) is 0 Å². The molecule has 0 saturated carbocycles. The highest BCUT2D eigenvalue weighted by Crippen LogP contribution is 2.34. The highest BCUT2D eigenvalue weighted by molar-refractivity contribution is 5.72. The summed E-state index contributed by atoms with van der Waals surface area (Å²) in [5, 5.41) is 6.72. The molecule has 1 aromatic heterocycles. The summed E-state index contributed by atoms with van der Waals surface area (Å²) in [6, 6.07) is 0. The first kappa shape index (κ1) is 10.0. The fraction of sp³-hybridized carbons (Fsp3) is 0.600. The molecule has 1 unspecified atom stereocenters. The summed E-state index contributed by atoms with van der Waals surface area (Å²) < 4.78 is 5.16. The first-order valence-electron chi connectivity index (χ1n) is 5.09. The molecule has 82 valence electrons. The molecule has 1 aromatic rings. The van der Waals surface area contributed by atoms with Crippen molar-refractivity contribution in [3.63, 3.8) is 0 Å². The van der Waals surface area contributed by atoms with Gasteiger partial charge in [-0.3, -0.25) is 0 Å². The normalized spacial score (nSPS) is 23.7. The molecule has 0 amide bonds. The van der Waals surface area contributed by atoms with Gasteiger partial charge in [-0.15, -0.1) is 0 Å². The van der Waals surface area contributed by atoms with E-state index >= 15 is 0 Å². The number of nitrogens with one attached hydrogen (secondary N) is 2. The zero-order valence-electron chi connectivity index (χ0n) is 9.29. The Morgan fingerprint density at radius 1 is 1.53 bits per heavy atom. The van der Waals surface area contributed by atoms with Crippen LogP contribution in [0.2, 0.25) is 0 Å². The molecule has 0 aromatic carbocycles. The molecule has 5 heteroatoms. The Labute approximate surface area is 89.3 Å². The van der Waals surface area contributed by atoms with Crippen molar-refractivity contribution < 1.29 is 4.74 Å². The minimum absolute atomic E-state index is 0.0480. The van der Waals surface area contributed by atoms with Gasteiger partial charge in [-0.05, 0) is 13.3 Å². The van der Waals surface area contributed by atoms with Gasteiger partial charge in [0.05, 0.1) is 12.6 Å². The van der Waals surface area contributed by atoms with Crippen LogP contribution in [0.1, 0.15) is 20.3 Å². The minimum Gasteiger partial charge on any atom is -0.479 e. The van der Waals surface area contributed by atoms with Crippen LogP contribution < -0.4 is 15.4 Å². The van der Waals surface area contributed by atoms with Gasteiger partial charge in [-0.2, -0.15) is 4.98 Å². The van der Waals surface area contributed by atoms with Crippen molar-refractivity contribution in [3.05, 3.63) is 6.33 Å². The maximum Gasteiger partial charge on any atom is 0.242 e. The van der Waals surface area contributed by atoms with E-state index in [-0.39, 0.29) is 5.54 Å². The van der Waals surface area contributed by atoms with E-state index in [0.29, 0.717) is 5.88 Å². The molecule has 0 bridgehead atoms. The van der Waals surface area contributed by atoms with E-state index in [2.05, 4.69) is 34.4 Å². The number of aromatic nitrogens is 2. The van der Waals surface area contributed by atoms with Crippen LogP contribution in [-0.2, 0) is 0 Å². The van der Waals surface area contributed by atoms with Gasteiger partial charge in [-0.1, -0.05) is 6.92 Å². The lowest BCUT2D eigenvalue weighted by molar-refractivity contribution is 0.396. The maximum atomic E-state index is 5.16. The molecule has 0 spiro atoms. The number of hydrogen-bond donors (Lipinski definition) is 2. The van der Waals surface area contributed by atoms with Crippen molar-refractivity contribution in [1.29, 1.82) is 0 Å². The molecule has 0 fully saturated rings. The third-order valence-corrected chi connectivity index (χ3v) is 2.86. The Kier molecular flexibility index (Phi) is 2.38. The van der Waals surface area contributed by atoms with E-state index in [4.69, 9.17) is 4.74 Å². The largest absolute Gasteiger partial charge is 0.479 e. The third-order valence-electron chi connectivity index (χ3n) is 2.86. The molecule has 1 aliphatic heterocycles. The average Bonchev–Trinajstić information content (AvgIpc) is 2.28. The van der Waals surface area contributed by atoms with Gasteiger partial charge in [0.2, 0.25) is 5.88 Å². The summed E-state index contributed by atoms with van der Waals surface area (Å²) in [5.74, 6) is 1.41. The smallest absolute Gasteiger partial charge is 0.242 e. The molecule has 5 nitrogen and oxygen atoms in total. The van der Waals surface area contributed by atoms with Crippen molar-refractivity contribution in [1.82, 2.24) is 9.97 Å². The Hall–Kier alpha value is -1.52. The summed E-state index contributed by atoms with van der Waals surface area (Å²) in [7, 11) is 1.61. The van der Waals surface area contributed by atoms with E-state index in [1.54, 1.807) is 7.11 Å². The van der Waals surface area contributed by atoms with Gasteiger partial charge in [-0.25, -0.2) is 4.98 Å². The van der Waals surface area contributed by atoms with E-state index in [1.165, 1.54) is 6.33 Å². The fourth-order valence-corrected chi connectivity index (χ4v) is 1.61. The van der Waals surface area contributed by atoms with Gasteiger partial charge < -0.3 is 15.4 Å². The Balaban J connectivity index is 2.35. The summed E-state index contributed by atoms with van der Waals surface area (Å²) >= 11 is 0. The van der Waals surface area contributed by atoms with E-state index in [9.17, 15) is 0 Å². The van der Waals surface area contributed by atoms with E-state index < -0.39 is 0 Å². The lowest BCUT2D eigenvalue weighted by atomic mass is 9.97. The van der Waals surface area contributed by atoms with Crippen molar-refractivity contribution in [2.24, 2.45) is 0 Å². The van der Waals surface area contributed by atoms with Crippen LogP contribution >= 0.6 is 0 Å². The third kappa shape index (κ3) is 1.69. The standard InChI is InChI=1S/C10H16N4O/c1-4-10(2)5-11-7-8(14-10)12-6-13-9(7)15-3/h6,11H,4-5H2,1-3H3,(H,12,13,14). The highest BCUT2D eigenvalue weighted by atomic mass is 16.5. The molecule has 0 aliphatic carbocycles. The number of nitrogens with zero attached hydrogens (tertiary/aromatic N) is 2. The second-order valence-corrected chi connectivity index (χ2v) is 4.00. The molecular weight excluding hydrogens is 192 g/mol. The number of fused-ring (bicyclic) bond motifs is 1. The number of hydrogen-bond acceptors (Lipinski definition) is 5. The van der Waals surface area contributed by atoms with Crippen LogP contribution in [-0.4, -0.2) is 29.2 Å².